The average molecular weight is 273 g/mol. The Labute approximate surface area is 122 Å². The summed E-state index contributed by atoms with van der Waals surface area (Å²) in [5.74, 6) is 0.901. The largest absolute Gasteiger partial charge is 0.368 e. The molecule has 2 fully saturated rings. The molecule has 1 aromatic carbocycles. The van der Waals surface area contributed by atoms with E-state index in [4.69, 9.17) is 4.74 Å². The summed E-state index contributed by atoms with van der Waals surface area (Å²) in [7, 11) is 0. The Hall–Kier alpha value is -0.860. The van der Waals surface area contributed by atoms with Crippen LogP contribution in [0.25, 0.3) is 0 Å². The van der Waals surface area contributed by atoms with Crippen LogP contribution in [0.2, 0.25) is 0 Å². The van der Waals surface area contributed by atoms with Crippen molar-refractivity contribution >= 4 is 0 Å². The van der Waals surface area contributed by atoms with E-state index in [9.17, 15) is 0 Å². The monoisotopic (exact) mass is 273 g/mol. The van der Waals surface area contributed by atoms with Gasteiger partial charge in [-0.05, 0) is 42.9 Å². The van der Waals surface area contributed by atoms with Crippen LogP contribution in [-0.4, -0.2) is 19.2 Å². The van der Waals surface area contributed by atoms with Crippen molar-refractivity contribution in [3.63, 3.8) is 0 Å². The molecule has 2 aliphatic rings. The standard InChI is InChI=1S/C18H27NO/c1-13-6-5-7-14(2)18(13)17-12-19-11-16(20-17)10-15-8-3-4-9-15/h5-7,15-17,19H,3-4,8-12H2,1-2H3. The molecule has 110 valence electrons. The molecule has 2 unspecified atom stereocenters. The maximum absolute atomic E-state index is 6.43. The van der Waals surface area contributed by atoms with E-state index >= 15 is 0 Å². The number of hydrogen-bond acceptors (Lipinski definition) is 2. The van der Waals surface area contributed by atoms with E-state index in [1.165, 1.54) is 48.8 Å². The molecule has 0 bridgehead atoms. The molecule has 0 spiro atoms. The van der Waals surface area contributed by atoms with Crippen molar-refractivity contribution in [2.45, 2.75) is 58.2 Å². The average Bonchev–Trinajstić information content (AvgIpc) is 2.92. The first-order valence-corrected chi connectivity index (χ1v) is 8.16. The third kappa shape index (κ3) is 3.07. The Balaban J connectivity index is 1.68. The second kappa shape index (κ2) is 6.28. The first-order valence-electron chi connectivity index (χ1n) is 8.16. The molecule has 0 amide bonds. The van der Waals surface area contributed by atoms with E-state index < -0.39 is 0 Å². The highest BCUT2D eigenvalue weighted by molar-refractivity contribution is 5.35. The van der Waals surface area contributed by atoms with Gasteiger partial charge in [0.25, 0.3) is 0 Å². The normalized spacial score (nSPS) is 27.9. The van der Waals surface area contributed by atoms with Crippen LogP contribution < -0.4 is 5.32 Å². The fraction of sp³-hybridized carbons (Fsp3) is 0.667. The molecule has 1 N–H and O–H groups in total. The van der Waals surface area contributed by atoms with Crippen molar-refractivity contribution in [1.29, 1.82) is 0 Å². The molecule has 2 heteroatoms. The lowest BCUT2D eigenvalue weighted by atomic mass is 9.95. The molecular weight excluding hydrogens is 246 g/mol. The van der Waals surface area contributed by atoms with Gasteiger partial charge in [-0.3, -0.25) is 0 Å². The number of aryl methyl sites for hydroxylation is 2. The first-order chi connectivity index (χ1) is 9.74. The Kier molecular flexibility index (Phi) is 4.42. The molecule has 0 aromatic heterocycles. The van der Waals surface area contributed by atoms with Crippen LogP contribution in [0.4, 0.5) is 0 Å². The number of morpholine rings is 1. The maximum Gasteiger partial charge on any atom is 0.0958 e. The molecule has 20 heavy (non-hydrogen) atoms. The predicted molar refractivity (Wildman–Crippen MR) is 83.0 cm³/mol. The van der Waals surface area contributed by atoms with Crippen molar-refractivity contribution in [2.24, 2.45) is 5.92 Å². The van der Waals surface area contributed by atoms with Gasteiger partial charge in [0.05, 0.1) is 12.2 Å². The highest BCUT2D eigenvalue weighted by atomic mass is 16.5. The quantitative estimate of drug-likeness (QED) is 0.901. The van der Waals surface area contributed by atoms with Gasteiger partial charge in [0.15, 0.2) is 0 Å². The molecule has 1 aliphatic heterocycles. The van der Waals surface area contributed by atoms with E-state index in [1.807, 2.05) is 0 Å². The van der Waals surface area contributed by atoms with Crippen molar-refractivity contribution in [1.82, 2.24) is 5.32 Å². The van der Waals surface area contributed by atoms with Gasteiger partial charge in [-0.2, -0.15) is 0 Å². The van der Waals surface area contributed by atoms with Gasteiger partial charge in [0.1, 0.15) is 0 Å². The lowest BCUT2D eigenvalue weighted by Crippen LogP contribution is -2.41. The summed E-state index contributed by atoms with van der Waals surface area (Å²) < 4.78 is 6.43. The summed E-state index contributed by atoms with van der Waals surface area (Å²) in [6, 6.07) is 6.54. The highest BCUT2D eigenvalue weighted by Gasteiger charge is 2.28. The van der Waals surface area contributed by atoms with Crippen LogP contribution in [0.5, 0.6) is 0 Å². The third-order valence-electron chi connectivity index (χ3n) is 4.99. The van der Waals surface area contributed by atoms with Gasteiger partial charge in [-0.15, -0.1) is 0 Å². The van der Waals surface area contributed by atoms with E-state index in [0.29, 0.717) is 6.10 Å². The smallest absolute Gasteiger partial charge is 0.0958 e. The topological polar surface area (TPSA) is 21.3 Å². The summed E-state index contributed by atoms with van der Waals surface area (Å²) in [5, 5.41) is 3.59. The molecule has 1 aromatic rings. The summed E-state index contributed by atoms with van der Waals surface area (Å²) in [6.07, 6.45) is 7.54. The fourth-order valence-electron chi connectivity index (χ4n) is 3.97. The van der Waals surface area contributed by atoms with E-state index in [-0.39, 0.29) is 6.10 Å². The van der Waals surface area contributed by atoms with Crippen molar-refractivity contribution in [2.75, 3.05) is 13.1 Å². The van der Waals surface area contributed by atoms with Gasteiger partial charge < -0.3 is 10.1 Å². The predicted octanol–water partition coefficient (Wildman–Crippen LogP) is 3.91. The highest BCUT2D eigenvalue weighted by Crippen LogP contribution is 2.33. The molecule has 3 rings (SSSR count). The van der Waals surface area contributed by atoms with E-state index in [0.717, 1.165) is 19.0 Å². The second-order valence-electron chi connectivity index (χ2n) is 6.60. The lowest BCUT2D eigenvalue weighted by Gasteiger charge is -2.34. The minimum absolute atomic E-state index is 0.233. The van der Waals surface area contributed by atoms with E-state index in [1.54, 1.807) is 0 Å². The van der Waals surface area contributed by atoms with Crippen LogP contribution in [-0.2, 0) is 4.74 Å². The number of ether oxygens (including phenoxy) is 1. The number of benzene rings is 1. The van der Waals surface area contributed by atoms with Crippen LogP contribution in [0.15, 0.2) is 18.2 Å². The SMILES string of the molecule is Cc1cccc(C)c1C1CNCC(CC2CCCC2)O1. The zero-order valence-corrected chi connectivity index (χ0v) is 12.8. The summed E-state index contributed by atoms with van der Waals surface area (Å²) in [6.45, 7) is 6.38. The third-order valence-corrected chi connectivity index (χ3v) is 4.99. The molecular formula is C18H27NO. The summed E-state index contributed by atoms with van der Waals surface area (Å²) in [5.41, 5.74) is 4.12. The van der Waals surface area contributed by atoms with Crippen LogP contribution in [0.3, 0.4) is 0 Å². The fourth-order valence-corrected chi connectivity index (χ4v) is 3.97. The van der Waals surface area contributed by atoms with Crippen molar-refractivity contribution in [3.8, 4) is 0 Å². The number of nitrogens with one attached hydrogen (secondary N) is 1. The van der Waals surface area contributed by atoms with Crippen LogP contribution in [0.1, 0.15) is 54.9 Å². The number of rotatable bonds is 3. The molecule has 2 nitrogen and oxygen atoms in total. The van der Waals surface area contributed by atoms with Gasteiger partial charge in [0.2, 0.25) is 0 Å². The van der Waals surface area contributed by atoms with Crippen molar-refractivity contribution < 1.29 is 4.74 Å². The Morgan fingerprint density at radius 1 is 1.10 bits per heavy atom. The Bertz CT molecular complexity index is 430. The molecule has 1 saturated carbocycles. The Morgan fingerprint density at radius 2 is 1.80 bits per heavy atom. The first kappa shape index (κ1) is 14.1. The van der Waals surface area contributed by atoms with Gasteiger partial charge in [0, 0.05) is 13.1 Å². The van der Waals surface area contributed by atoms with E-state index in [2.05, 4.69) is 37.4 Å². The molecule has 1 saturated heterocycles. The maximum atomic E-state index is 6.43. The minimum atomic E-state index is 0.233. The van der Waals surface area contributed by atoms with Gasteiger partial charge in [-0.25, -0.2) is 0 Å². The molecule has 1 aliphatic carbocycles. The molecule has 1 heterocycles. The minimum Gasteiger partial charge on any atom is -0.368 e. The second-order valence-corrected chi connectivity index (χ2v) is 6.60. The lowest BCUT2D eigenvalue weighted by molar-refractivity contribution is -0.0494. The van der Waals surface area contributed by atoms with Crippen molar-refractivity contribution in [3.05, 3.63) is 34.9 Å². The summed E-state index contributed by atoms with van der Waals surface area (Å²) in [4.78, 5) is 0. The molecule has 2 atom stereocenters. The van der Waals surface area contributed by atoms with Gasteiger partial charge >= 0.3 is 0 Å². The van der Waals surface area contributed by atoms with Crippen LogP contribution in [0, 0.1) is 19.8 Å². The zero-order chi connectivity index (χ0) is 13.9. The Morgan fingerprint density at radius 3 is 2.50 bits per heavy atom. The summed E-state index contributed by atoms with van der Waals surface area (Å²) >= 11 is 0. The zero-order valence-electron chi connectivity index (χ0n) is 12.8. The molecule has 0 radical (unpaired) electrons. The number of hydrogen-bond donors (Lipinski definition) is 1. The van der Waals surface area contributed by atoms with Crippen LogP contribution >= 0.6 is 0 Å². The van der Waals surface area contributed by atoms with Gasteiger partial charge in [-0.1, -0.05) is 43.9 Å².